The Hall–Kier alpha value is -0.920. The molecule has 7 heteroatoms. The first-order valence-electron chi connectivity index (χ1n) is 6.34. The van der Waals surface area contributed by atoms with Gasteiger partial charge in [0.1, 0.15) is 16.0 Å². The van der Waals surface area contributed by atoms with E-state index < -0.39 is 9.84 Å². The topological polar surface area (TPSA) is 66.5 Å². The molecule has 3 heterocycles. The van der Waals surface area contributed by atoms with E-state index in [0.29, 0.717) is 19.4 Å². The van der Waals surface area contributed by atoms with E-state index in [-0.39, 0.29) is 29.6 Å². The van der Waals surface area contributed by atoms with Gasteiger partial charge in [-0.2, -0.15) is 11.3 Å². The van der Waals surface area contributed by atoms with E-state index in [1.165, 1.54) is 0 Å². The van der Waals surface area contributed by atoms with Crippen LogP contribution < -0.4 is 5.32 Å². The summed E-state index contributed by atoms with van der Waals surface area (Å²) < 4.78 is 23.0. The van der Waals surface area contributed by atoms with Crippen LogP contribution in [0.15, 0.2) is 16.8 Å². The molecule has 2 fully saturated rings. The standard InChI is InChI=1S/C12H16N2O3S2/c15-11-7-13-12(9-1-4-18-8-9)14(11)10-2-5-19(16,17)6-3-10/h1,4,8,10,12-13H,2-3,5-7H2. The molecule has 0 aliphatic carbocycles. The molecule has 1 N–H and O–H groups in total. The molecule has 104 valence electrons. The minimum absolute atomic E-state index is 0.0379. The Labute approximate surface area is 116 Å². The first-order chi connectivity index (χ1) is 9.07. The van der Waals surface area contributed by atoms with Crippen molar-refractivity contribution in [2.45, 2.75) is 25.0 Å². The molecular formula is C12H16N2O3S2. The summed E-state index contributed by atoms with van der Waals surface area (Å²) in [4.78, 5) is 13.9. The molecular weight excluding hydrogens is 284 g/mol. The Morgan fingerprint density at radius 2 is 2.05 bits per heavy atom. The molecule has 5 nitrogen and oxygen atoms in total. The number of amides is 1. The average Bonchev–Trinajstić information content (AvgIpc) is 2.98. The lowest BCUT2D eigenvalue weighted by Gasteiger charge is -2.34. The fourth-order valence-corrected chi connectivity index (χ4v) is 4.94. The SMILES string of the molecule is O=C1CNC(c2ccsc2)N1C1CCS(=O)(=O)CC1. The molecule has 1 unspecified atom stereocenters. The van der Waals surface area contributed by atoms with Crippen LogP contribution in [0.1, 0.15) is 24.6 Å². The zero-order valence-corrected chi connectivity index (χ0v) is 12.0. The Bertz CT molecular complexity index is 554. The number of sulfone groups is 1. The maximum atomic E-state index is 12.1. The maximum Gasteiger partial charge on any atom is 0.238 e. The van der Waals surface area contributed by atoms with E-state index in [1.54, 1.807) is 11.3 Å². The molecule has 0 radical (unpaired) electrons. The molecule has 3 rings (SSSR count). The molecule has 0 saturated carbocycles. The molecule has 0 aromatic carbocycles. The molecule has 2 aliphatic heterocycles. The van der Waals surface area contributed by atoms with Crippen LogP contribution in [0.5, 0.6) is 0 Å². The van der Waals surface area contributed by atoms with Crippen molar-refractivity contribution in [1.82, 2.24) is 10.2 Å². The van der Waals surface area contributed by atoms with Crippen molar-refractivity contribution in [2.75, 3.05) is 18.1 Å². The Kier molecular flexibility index (Phi) is 3.36. The molecule has 1 aromatic rings. The Morgan fingerprint density at radius 1 is 1.32 bits per heavy atom. The van der Waals surface area contributed by atoms with E-state index in [4.69, 9.17) is 0 Å². The second-order valence-electron chi connectivity index (χ2n) is 5.02. The van der Waals surface area contributed by atoms with Crippen LogP contribution in [-0.2, 0) is 14.6 Å². The minimum atomic E-state index is -2.89. The Balaban J connectivity index is 1.80. The quantitative estimate of drug-likeness (QED) is 0.875. The largest absolute Gasteiger partial charge is 0.319 e. The van der Waals surface area contributed by atoms with Gasteiger partial charge in [-0.05, 0) is 35.2 Å². The van der Waals surface area contributed by atoms with Crippen molar-refractivity contribution in [3.05, 3.63) is 22.4 Å². The molecule has 2 saturated heterocycles. The zero-order valence-electron chi connectivity index (χ0n) is 10.4. The van der Waals surface area contributed by atoms with Crippen LogP contribution >= 0.6 is 11.3 Å². The summed E-state index contributed by atoms with van der Waals surface area (Å²) in [5, 5.41) is 7.23. The number of nitrogens with one attached hydrogen (secondary N) is 1. The van der Waals surface area contributed by atoms with Crippen molar-refractivity contribution in [3.8, 4) is 0 Å². The molecule has 2 aliphatic rings. The predicted molar refractivity (Wildman–Crippen MR) is 73.6 cm³/mol. The van der Waals surface area contributed by atoms with Gasteiger partial charge in [-0.15, -0.1) is 0 Å². The summed E-state index contributed by atoms with van der Waals surface area (Å²) in [5.41, 5.74) is 1.09. The highest BCUT2D eigenvalue weighted by Crippen LogP contribution is 2.30. The van der Waals surface area contributed by atoms with Gasteiger partial charge in [0, 0.05) is 6.04 Å². The third-order valence-electron chi connectivity index (χ3n) is 3.79. The van der Waals surface area contributed by atoms with E-state index in [9.17, 15) is 13.2 Å². The molecule has 19 heavy (non-hydrogen) atoms. The lowest BCUT2D eigenvalue weighted by Crippen LogP contribution is -2.44. The summed E-state index contributed by atoms with van der Waals surface area (Å²) in [5.74, 6) is 0.454. The number of carbonyl (C=O) groups is 1. The van der Waals surface area contributed by atoms with Crippen LogP contribution in [0.4, 0.5) is 0 Å². The van der Waals surface area contributed by atoms with Crippen molar-refractivity contribution in [2.24, 2.45) is 0 Å². The average molecular weight is 300 g/mol. The second kappa shape index (κ2) is 4.88. The summed E-state index contributed by atoms with van der Waals surface area (Å²) in [7, 11) is -2.89. The highest BCUT2D eigenvalue weighted by molar-refractivity contribution is 7.91. The normalized spacial score (nSPS) is 27.9. The third-order valence-corrected chi connectivity index (χ3v) is 6.21. The molecule has 0 spiro atoms. The van der Waals surface area contributed by atoms with Crippen LogP contribution in [-0.4, -0.2) is 43.3 Å². The fourth-order valence-electron chi connectivity index (χ4n) is 2.80. The maximum absolute atomic E-state index is 12.1. The molecule has 1 aromatic heterocycles. The number of nitrogens with zero attached hydrogens (tertiary/aromatic N) is 1. The number of hydrogen-bond acceptors (Lipinski definition) is 5. The van der Waals surface area contributed by atoms with Crippen LogP contribution in [0, 0.1) is 0 Å². The summed E-state index contributed by atoms with van der Waals surface area (Å²) >= 11 is 1.60. The van der Waals surface area contributed by atoms with Gasteiger partial charge < -0.3 is 4.90 Å². The monoisotopic (exact) mass is 300 g/mol. The van der Waals surface area contributed by atoms with Crippen molar-refractivity contribution < 1.29 is 13.2 Å². The molecule has 1 atom stereocenters. The van der Waals surface area contributed by atoms with Crippen molar-refractivity contribution in [3.63, 3.8) is 0 Å². The van der Waals surface area contributed by atoms with E-state index in [0.717, 1.165) is 5.56 Å². The first-order valence-corrected chi connectivity index (χ1v) is 9.10. The van der Waals surface area contributed by atoms with Gasteiger partial charge in [0.15, 0.2) is 0 Å². The number of thiophene rings is 1. The zero-order chi connectivity index (χ0) is 13.5. The highest BCUT2D eigenvalue weighted by atomic mass is 32.2. The van der Waals surface area contributed by atoms with Gasteiger partial charge in [0.2, 0.25) is 5.91 Å². The van der Waals surface area contributed by atoms with Crippen LogP contribution in [0.25, 0.3) is 0 Å². The predicted octanol–water partition coefficient (Wildman–Crippen LogP) is 0.756. The van der Waals surface area contributed by atoms with Gasteiger partial charge in [0.25, 0.3) is 0 Å². The number of rotatable bonds is 2. The number of hydrogen-bond donors (Lipinski definition) is 1. The van der Waals surface area contributed by atoms with E-state index in [1.807, 2.05) is 21.7 Å². The summed E-state index contributed by atoms with van der Waals surface area (Å²) in [6.45, 7) is 0.337. The van der Waals surface area contributed by atoms with Crippen molar-refractivity contribution in [1.29, 1.82) is 0 Å². The van der Waals surface area contributed by atoms with Gasteiger partial charge in [-0.25, -0.2) is 8.42 Å². The van der Waals surface area contributed by atoms with Gasteiger partial charge in [-0.3, -0.25) is 10.1 Å². The Morgan fingerprint density at radius 3 is 2.68 bits per heavy atom. The third kappa shape index (κ3) is 2.54. The van der Waals surface area contributed by atoms with Gasteiger partial charge in [-0.1, -0.05) is 0 Å². The van der Waals surface area contributed by atoms with Crippen LogP contribution in [0.3, 0.4) is 0 Å². The van der Waals surface area contributed by atoms with Gasteiger partial charge >= 0.3 is 0 Å². The van der Waals surface area contributed by atoms with Gasteiger partial charge in [0.05, 0.1) is 18.1 Å². The highest BCUT2D eigenvalue weighted by Gasteiger charge is 2.39. The lowest BCUT2D eigenvalue weighted by molar-refractivity contribution is -0.130. The smallest absolute Gasteiger partial charge is 0.238 e. The first kappa shape index (κ1) is 13.1. The lowest BCUT2D eigenvalue weighted by atomic mass is 10.1. The molecule has 0 bridgehead atoms. The summed E-state index contributed by atoms with van der Waals surface area (Å²) in [6, 6.07) is 2.05. The second-order valence-corrected chi connectivity index (χ2v) is 8.11. The minimum Gasteiger partial charge on any atom is -0.319 e. The van der Waals surface area contributed by atoms with Crippen LogP contribution in [0.2, 0.25) is 0 Å². The summed E-state index contributed by atoms with van der Waals surface area (Å²) in [6.07, 6.45) is 1.01. The van der Waals surface area contributed by atoms with E-state index >= 15 is 0 Å². The number of carbonyl (C=O) groups excluding carboxylic acids is 1. The van der Waals surface area contributed by atoms with E-state index in [2.05, 4.69) is 5.32 Å². The molecule has 1 amide bonds. The fraction of sp³-hybridized carbons (Fsp3) is 0.583. The van der Waals surface area contributed by atoms with Crippen molar-refractivity contribution >= 4 is 27.1 Å².